The summed E-state index contributed by atoms with van der Waals surface area (Å²) in [7, 11) is 0. The summed E-state index contributed by atoms with van der Waals surface area (Å²) in [5, 5.41) is 3.52. The van der Waals surface area contributed by atoms with Crippen molar-refractivity contribution < 1.29 is 14.0 Å². The fraction of sp³-hybridized carbons (Fsp3) is 0.333. The molecule has 0 radical (unpaired) electrons. The number of benzene rings is 1. The van der Waals surface area contributed by atoms with E-state index in [0.717, 1.165) is 6.41 Å². The SMILES string of the molecule is NC1CN(C=O)CCC1NC(=O)c1cc2cc(F)ccc2[nH]1. The highest BCUT2D eigenvalue weighted by atomic mass is 19.1. The molecule has 1 aliphatic heterocycles. The van der Waals surface area contributed by atoms with Gasteiger partial charge in [0.25, 0.3) is 5.91 Å². The van der Waals surface area contributed by atoms with Crippen LogP contribution in [0.1, 0.15) is 16.9 Å². The Morgan fingerprint density at radius 1 is 1.45 bits per heavy atom. The summed E-state index contributed by atoms with van der Waals surface area (Å²) in [5.41, 5.74) is 7.06. The van der Waals surface area contributed by atoms with Crippen molar-refractivity contribution in [2.45, 2.75) is 18.5 Å². The maximum atomic E-state index is 13.2. The number of nitrogens with one attached hydrogen (secondary N) is 2. The maximum Gasteiger partial charge on any atom is 0.268 e. The average molecular weight is 304 g/mol. The van der Waals surface area contributed by atoms with Gasteiger partial charge < -0.3 is 20.9 Å². The van der Waals surface area contributed by atoms with Crippen LogP contribution in [0.5, 0.6) is 0 Å². The molecule has 4 N–H and O–H groups in total. The van der Waals surface area contributed by atoms with Crippen LogP contribution in [0, 0.1) is 5.82 Å². The topological polar surface area (TPSA) is 91.2 Å². The van der Waals surface area contributed by atoms with E-state index in [9.17, 15) is 14.0 Å². The highest BCUT2D eigenvalue weighted by Crippen LogP contribution is 2.17. The van der Waals surface area contributed by atoms with Crippen molar-refractivity contribution in [1.29, 1.82) is 0 Å². The number of likely N-dealkylation sites (tertiary alicyclic amines) is 1. The summed E-state index contributed by atoms with van der Waals surface area (Å²) in [5.74, 6) is -0.627. The number of rotatable bonds is 3. The molecule has 1 aromatic carbocycles. The van der Waals surface area contributed by atoms with Crippen molar-refractivity contribution in [3.8, 4) is 0 Å². The Hall–Kier alpha value is -2.41. The number of amides is 2. The minimum Gasteiger partial charge on any atom is -0.351 e. The molecule has 1 aromatic heterocycles. The predicted molar refractivity (Wildman–Crippen MR) is 79.7 cm³/mol. The number of carbonyl (C=O) groups excluding carboxylic acids is 2. The summed E-state index contributed by atoms with van der Waals surface area (Å²) >= 11 is 0. The zero-order valence-electron chi connectivity index (χ0n) is 11.9. The van der Waals surface area contributed by atoms with Crippen molar-refractivity contribution in [2.75, 3.05) is 13.1 Å². The van der Waals surface area contributed by atoms with E-state index in [0.29, 0.717) is 36.1 Å². The van der Waals surface area contributed by atoms with Gasteiger partial charge in [-0.15, -0.1) is 0 Å². The van der Waals surface area contributed by atoms with Gasteiger partial charge in [-0.25, -0.2) is 4.39 Å². The van der Waals surface area contributed by atoms with E-state index < -0.39 is 0 Å². The summed E-state index contributed by atoms with van der Waals surface area (Å²) in [4.78, 5) is 27.6. The van der Waals surface area contributed by atoms with Crippen LogP contribution in [0.2, 0.25) is 0 Å². The van der Waals surface area contributed by atoms with Gasteiger partial charge >= 0.3 is 0 Å². The number of hydrogen-bond donors (Lipinski definition) is 3. The van der Waals surface area contributed by atoms with Crippen LogP contribution in [0.3, 0.4) is 0 Å². The molecule has 6 nitrogen and oxygen atoms in total. The lowest BCUT2D eigenvalue weighted by atomic mass is 10.0. The zero-order valence-corrected chi connectivity index (χ0v) is 11.9. The van der Waals surface area contributed by atoms with Gasteiger partial charge in [0.2, 0.25) is 6.41 Å². The van der Waals surface area contributed by atoms with E-state index in [2.05, 4.69) is 10.3 Å². The van der Waals surface area contributed by atoms with Crippen LogP contribution in [0.25, 0.3) is 10.9 Å². The molecule has 0 saturated carbocycles. The second kappa shape index (κ2) is 5.76. The molecule has 0 aliphatic carbocycles. The molecule has 2 aromatic rings. The number of aromatic nitrogens is 1. The molecule has 1 aliphatic rings. The van der Waals surface area contributed by atoms with Gasteiger partial charge in [0.05, 0.1) is 0 Å². The third kappa shape index (κ3) is 2.80. The van der Waals surface area contributed by atoms with Crippen LogP contribution in [-0.2, 0) is 4.79 Å². The van der Waals surface area contributed by atoms with Crippen molar-refractivity contribution >= 4 is 23.2 Å². The van der Waals surface area contributed by atoms with Gasteiger partial charge in [-0.2, -0.15) is 0 Å². The number of halogens is 1. The molecule has 1 saturated heterocycles. The first kappa shape index (κ1) is 14.5. The standard InChI is InChI=1S/C15H17FN4O2/c16-10-1-2-12-9(5-10)6-14(18-12)15(22)19-13-3-4-20(8-21)7-11(13)17/h1-2,5-6,8,11,13,18H,3-4,7,17H2,(H,19,22). The van der Waals surface area contributed by atoms with Crippen molar-refractivity contribution in [3.05, 3.63) is 35.8 Å². The molecular weight excluding hydrogens is 287 g/mol. The Morgan fingerprint density at radius 3 is 3.00 bits per heavy atom. The molecule has 0 bridgehead atoms. The van der Waals surface area contributed by atoms with E-state index in [1.54, 1.807) is 17.0 Å². The van der Waals surface area contributed by atoms with Crippen molar-refractivity contribution in [3.63, 3.8) is 0 Å². The molecule has 7 heteroatoms. The van der Waals surface area contributed by atoms with E-state index >= 15 is 0 Å². The molecule has 2 atom stereocenters. The average Bonchev–Trinajstić information content (AvgIpc) is 2.92. The van der Waals surface area contributed by atoms with Gasteiger partial charge in [0, 0.05) is 36.1 Å². The first-order valence-corrected chi connectivity index (χ1v) is 7.11. The van der Waals surface area contributed by atoms with Gasteiger partial charge in [0.1, 0.15) is 11.5 Å². The number of aromatic amines is 1. The lowest BCUT2D eigenvalue weighted by Crippen LogP contribution is -2.57. The summed E-state index contributed by atoms with van der Waals surface area (Å²) in [6, 6.07) is 5.43. The lowest BCUT2D eigenvalue weighted by molar-refractivity contribution is -0.119. The molecule has 3 rings (SSSR count). The van der Waals surface area contributed by atoms with Gasteiger partial charge in [0.15, 0.2) is 0 Å². The molecule has 0 spiro atoms. The first-order valence-electron chi connectivity index (χ1n) is 7.11. The van der Waals surface area contributed by atoms with E-state index in [-0.39, 0.29) is 23.8 Å². The fourth-order valence-electron chi connectivity index (χ4n) is 2.76. The quantitative estimate of drug-likeness (QED) is 0.725. The lowest BCUT2D eigenvalue weighted by Gasteiger charge is -2.34. The minimum atomic E-state index is -0.346. The Morgan fingerprint density at radius 2 is 2.27 bits per heavy atom. The second-order valence-corrected chi connectivity index (χ2v) is 5.55. The first-order chi connectivity index (χ1) is 10.6. The van der Waals surface area contributed by atoms with Crippen LogP contribution in [0.15, 0.2) is 24.3 Å². The highest BCUT2D eigenvalue weighted by Gasteiger charge is 2.27. The molecular formula is C15H17FN4O2. The third-order valence-electron chi connectivity index (χ3n) is 3.98. The van der Waals surface area contributed by atoms with E-state index in [4.69, 9.17) is 5.73 Å². The van der Waals surface area contributed by atoms with Crippen LogP contribution in [0.4, 0.5) is 4.39 Å². The van der Waals surface area contributed by atoms with Gasteiger partial charge in [-0.1, -0.05) is 0 Å². The number of nitrogens with two attached hydrogens (primary N) is 1. The number of carbonyl (C=O) groups is 2. The second-order valence-electron chi connectivity index (χ2n) is 5.55. The predicted octanol–water partition coefficient (Wildman–Crippen LogP) is 0.595. The Bertz CT molecular complexity index is 715. The number of fused-ring (bicyclic) bond motifs is 1. The van der Waals surface area contributed by atoms with Crippen LogP contribution in [-0.4, -0.2) is 47.4 Å². The molecule has 2 amide bonds. The number of H-pyrrole nitrogens is 1. The van der Waals surface area contributed by atoms with E-state index in [1.165, 1.54) is 12.1 Å². The smallest absolute Gasteiger partial charge is 0.268 e. The molecule has 22 heavy (non-hydrogen) atoms. The molecule has 2 unspecified atom stereocenters. The van der Waals surface area contributed by atoms with E-state index in [1.807, 2.05) is 0 Å². The molecule has 116 valence electrons. The zero-order chi connectivity index (χ0) is 15.7. The normalized spacial score (nSPS) is 21.8. The summed E-state index contributed by atoms with van der Waals surface area (Å²) < 4.78 is 13.2. The third-order valence-corrected chi connectivity index (χ3v) is 3.98. The van der Waals surface area contributed by atoms with Crippen molar-refractivity contribution in [2.24, 2.45) is 5.73 Å². The Kier molecular flexibility index (Phi) is 3.81. The highest BCUT2D eigenvalue weighted by molar-refractivity contribution is 5.98. The monoisotopic (exact) mass is 304 g/mol. The number of hydrogen-bond acceptors (Lipinski definition) is 3. The largest absolute Gasteiger partial charge is 0.351 e. The summed E-state index contributed by atoms with van der Waals surface area (Å²) in [6.07, 6.45) is 1.38. The van der Waals surface area contributed by atoms with Gasteiger partial charge in [-0.05, 0) is 30.7 Å². The molecule has 2 heterocycles. The Balaban J connectivity index is 1.72. The van der Waals surface area contributed by atoms with Crippen LogP contribution < -0.4 is 11.1 Å². The number of piperidine rings is 1. The minimum absolute atomic E-state index is 0.188. The Labute approximate surface area is 126 Å². The molecule has 1 fully saturated rings. The summed E-state index contributed by atoms with van der Waals surface area (Å²) in [6.45, 7) is 0.992. The number of nitrogens with zero attached hydrogens (tertiary/aromatic N) is 1. The van der Waals surface area contributed by atoms with Crippen molar-refractivity contribution in [1.82, 2.24) is 15.2 Å². The maximum absolute atomic E-state index is 13.2. The van der Waals surface area contributed by atoms with Crippen LogP contribution >= 0.6 is 0 Å². The van der Waals surface area contributed by atoms with Gasteiger partial charge in [-0.3, -0.25) is 9.59 Å². The fourth-order valence-corrected chi connectivity index (χ4v) is 2.76.